The second-order valence-electron chi connectivity index (χ2n) is 3.22. The average Bonchev–Trinajstić information content (AvgIpc) is 2.50. The molecule has 0 aromatic carbocycles. The number of carboxylic acid groups (broad SMARTS) is 1. The van der Waals surface area contributed by atoms with Crippen LogP contribution in [0.25, 0.3) is 6.08 Å². The van der Waals surface area contributed by atoms with Gasteiger partial charge < -0.3 is 9.52 Å². The summed E-state index contributed by atoms with van der Waals surface area (Å²) in [6.07, 6.45) is 4.36. The molecule has 0 aliphatic heterocycles. The van der Waals surface area contributed by atoms with E-state index in [0.29, 0.717) is 0 Å². The minimum Gasteiger partial charge on any atom is -0.481 e. The van der Waals surface area contributed by atoms with Crippen LogP contribution >= 0.6 is 0 Å². The van der Waals surface area contributed by atoms with Crippen molar-refractivity contribution < 1.29 is 14.3 Å². The van der Waals surface area contributed by atoms with Crippen LogP contribution < -0.4 is 0 Å². The molecule has 14 heavy (non-hydrogen) atoms. The van der Waals surface area contributed by atoms with Crippen LogP contribution in [-0.4, -0.2) is 11.1 Å². The topological polar surface area (TPSA) is 50.4 Å². The Hall–Kier alpha value is -1.51. The standard InChI is InChI=1S/C11H14O3/c1-3-9-4-5-14-10(9)6-8(2)7-11(12)13/h4-6H,3,7H2,1-2H3,(H,12,13)/b8-6+. The Morgan fingerprint density at radius 3 is 2.93 bits per heavy atom. The van der Waals surface area contributed by atoms with Crippen LogP contribution in [0.15, 0.2) is 22.3 Å². The lowest BCUT2D eigenvalue weighted by Gasteiger charge is -1.96. The Morgan fingerprint density at radius 2 is 2.36 bits per heavy atom. The lowest BCUT2D eigenvalue weighted by atomic mass is 10.1. The molecule has 76 valence electrons. The second-order valence-corrected chi connectivity index (χ2v) is 3.22. The zero-order valence-electron chi connectivity index (χ0n) is 8.41. The summed E-state index contributed by atoms with van der Waals surface area (Å²) in [5.74, 6) is -0.0467. The monoisotopic (exact) mass is 194 g/mol. The van der Waals surface area contributed by atoms with Gasteiger partial charge in [-0.1, -0.05) is 12.5 Å². The van der Waals surface area contributed by atoms with Crippen molar-refractivity contribution in [2.75, 3.05) is 0 Å². The summed E-state index contributed by atoms with van der Waals surface area (Å²) in [6.45, 7) is 3.82. The van der Waals surface area contributed by atoms with E-state index in [0.717, 1.165) is 23.3 Å². The third kappa shape index (κ3) is 2.76. The fourth-order valence-electron chi connectivity index (χ4n) is 1.28. The molecule has 3 nitrogen and oxygen atoms in total. The maximum absolute atomic E-state index is 10.4. The van der Waals surface area contributed by atoms with Gasteiger partial charge >= 0.3 is 5.97 Å². The maximum atomic E-state index is 10.4. The van der Waals surface area contributed by atoms with E-state index >= 15 is 0 Å². The van der Waals surface area contributed by atoms with Crippen LogP contribution in [0.2, 0.25) is 0 Å². The number of hydrogen-bond donors (Lipinski definition) is 1. The lowest BCUT2D eigenvalue weighted by molar-refractivity contribution is -0.136. The maximum Gasteiger partial charge on any atom is 0.307 e. The van der Waals surface area contributed by atoms with Gasteiger partial charge in [0, 0.05) is 0 Å². The smallest absolute Gasteiger partial charge is 0.307 e. The van der Waals surface area contributed by atoms with Crippen LogP contribution in [0.4, 0.5) is 0 Å². The van der Waals surface area contributed by atoms with Crippen LogP contribution in [0.3, 0.4) is 0 Å². The van der Waals surface area contributed by atoms with Crippen molar-refractivity contribution in [2.45, 2.75) is 26.7 Å². The van der Waals surface area contributed by atoms with Crippen molar-refractivity contribution in [1.82, 2.24) is 0 Å². The zero-order chi connectivity index (χ0) is 10.6. The molecule has 1 N–H and O–H groups in total. The number of carbonyl (C=O) groups is 1. The van der Waals surface area contributed by atoms with E-state index in [9.17, 15) is 4.79 Å². The largest absolute Gasteiger partial charge is 0.481 e. The Kier molecular flexibility index (Phi) is 3.51. The highest BCUT2D eigenvalue weighted by molar-refractivity contribution is 5.72. The first kappa shape index (κ1) is 10.6. The van der Waals surface area contributed by atoms with Crippen molar-refractivity contribution in [3.63, 3.8) is 0 Å². The molecule has 3 heteroatoms. The molecule has 0 aliphatic rings. The number of carboxylic acids is 1. The summed E-state index contributed by atoms with van der Waals surface area (Å²) in [6, 6.07) is 1.90. The van der Waals surface area contributed by atoms with Crippen molar-refractivity contribution in [1.29, 1.82) is 0 Å². The Labute approximate surface area is 83.0 Å². The van der Waals surface area contributed by atoms with Crippen LogP contribution in [0.1, 0.15) is 31.6 Å². The van der Waals surface area contributed by atoms with Gasteiger partial charge in [0.15, 0.2) is 0 Å². The molecule has 0 aliphatic carbocycles. The molecule has 1 heterocycles. The number of hydrogen-bond acceptors (Lipinski definition) is 2. The van der Waals surface area contributed by atoms with Gasteiger partial charge in [0.1, 0.15) is 5.76 Å². The van der Waals surface area contributed by atoms with Crippen molar-refractivity contribution >= 4 is 12.0 Å². The lowest BCUT2D eigenvalue weighted by Crippen LogP contribution is -1.94. The van der Waals surface area contributed by atoms with Crippen LogP contribution in [0.5, 0.6) is 0 Å². The summed E-state index contributed by atoms with van der Waals surface area (Å²) in [5.41, 5.74) is 1.90. The Bertz CT molecular complexity index is 347. The van der Waals surface area contributed by atoms with E-state index in [2.05, 4.69) is 0 Å². The first-order valence-electron chi connectivity index (χ1n) is 4.58. The van der Waals surface area contributed by atoms with Gasteiger partial charge in [-0.2, -0.15) is 0 Å². The number of aryl methyl sites for hydroxylation is 1. The van der Waals surface area contributed by atoms with E-state index in [1.807, 2.05) is 13.0 Å². The predicted molar refractivity (Wildman–Crippen MR) is 54.0 cm³/mol. The van der Waals surface area contributed by atoms with Crippen molar-refractivity contribution in [3.8, 4) is 0 Å². The summed E-state index contributed by atoms with van der Waals surface area (Å²) >= 11 is 0. The van der Waals surface area contributed by atoms with Gasteiger partial charge in [-0.15, -0.1) is 0 Å². The highest BCUT2D eigenvalue weighted by Gasteiger charge is 2.03. The van der Waals surface area contributed by atoms with E-state index in [1.165, 1.54) is 0 Å². The highest BCUT2D eigenvalue weighted by Crippen LogP contribution is 2.16. The molecular weight excluding hydrogens is 180 g/mol. The van der Waals surface area contributed by atoms with Gasteiger partial charge in [0.2, 0.25) is 0 Å². The number of rotatable bonds is 4. The van der Waals surface area contributed by atoms with E-state index in [-0.39, 0.29) is 6.42 Å². The summed E-state index contributed by atoms with van der Waals surface area (Å²) in [5, 5.41) is 8.57. The summed E-state index contributed by atoms with van der Waals surface area (Å²) in [7, 11) is 0. The van der Waals surface area contributed by atoms with Gasteiger partial charge in [-0.3, -0.25) is 4.79 Å². The van der Waals surface area contributed by atoms with Crippen molar-refractivity contribution in [3.05, 3.63) is 29.2 Å². The molecule has 0 spiro atoms. The zero-order valence-corrected chi connectivity index (χ0v) is 8.41. The van der Waals surface area contributed by atoms with Crippen molar-refractivity contribution in [2.24, 2.45) is 0 Å². The fourth-order valence-corrected chi connectivity index (χ4v) is 1.28. The summed E-state index contributed by atoms with van der Waals surface area (Å²) < 4.78 is 5.24. The molecule has 0 atom stereocenters. The third-order valence-corrected chi connectivity index (χ3v) is 1.97. The molecule has 1 rings (SSSR count). The fraction of sp³-hybridized carbons (Fsp3) is 0.364. The molecule has 0 bridgehead atoms. The quantitative estimate of drug-likeness (QED) is 0.801. The predicted octanol–water partition coefficient (Wildman–Crippen LogP) is 2.72. The van der Waals surface area contributed by atoms with Crippen LogP contribution in [-0.2, 0) is 11.2 Å². The van der Waals surface area contributed by atoms with Gasteiger partial charge in [0.05, 0.1) is 12.7 Å². The number of furan rings is 1. The molecule has 1 aromatic heterocycles. The molecule has 0 amide bonds. The molecule has 0 radical (unpaired) electrons. The van der Waals surface area contributed by atoms with E-state index in [1.54, 1.807) is 19.3 Å². The SMILES string of the molecule is CCc1ccoc1/C=C(\C)CC(=O)O. The number of aliphatic carboxylic acids is 1. The normalized spacial score (nSPS) is 11.7. The minimum absolute atomic E-state index is 0.0594. The molecule has 0 fully saturated rings. The molecule has 0 saturated heterocycles. The second kappa shape index (κ2) is 4.65. The Morgan fingerprint density at radius 1 is 1.64 bits per heavy atom. The van der Waals surface area contributed by atoms with Gasteiger partial charge in [-0.25, -0.2) is 0 Å². The molecular formula is C11H14O3. The summed E-state index contributed by atoms with van der Waals surface area (Å²) in [4.78, 5) is 10.4. The first-order valence-corrected chi connectivity index (χ1v) is 4.58. The minimum atomic E-state index is -0.816. The van der Waals surface area contributed by atoms with Crippen LogP contribution in [0, 0.1) is 0 Å². The van der Waals surface area contributed by atoms with Gasteiger partial charge in [0.25, 0.3) is 0 Å². The first-order chi connectivity index (χ1) is 6.63. The average molecular weight is 194 g/mol. The van der Waals surface area contributed by atoms with E-state index in [4.69, 9.17) is 9.52 Å². The molecule has 1 aromatic rings. The van der Waals surface area contributed by atoms with Gasteiger partial charge in [-0.05, 0) is 31.1 Å². The molecule has 0 saturated carbocycles. The third-order valence-electron chi connectivity index (χ3n) is 1.97. The molecule has 0 unspecified atom stereocenters. The van der Waals surface area contributed by atoms with E-state index < -0.39 is 5.97 Å². The Balaban J connectivity index is 2.80. The highest BCUT2D eigenvalue weighted by atomic mass is 16.4.